The van der Waals surface area contributed by atoms with Crippen molar-refractivity contribution in [2.24, 2.45) is 5.73 Å². The first-order valence-corrected chi connectivity index (χ1v) is 7.03. The maximum Gasteiger partial charge on any atom is 0.0795 e. The number of nitrogens with two attached hydrogens (primary N) is 1. The summed E-state index contributed by atoms with van der Waals surface area (Å²) in [6, 6.07) is 0. The average molecular weight is 241 g/mol. The molecule has 1 rings (SSSR count). The lowest BCUT2D eigenvalue weighted by Gasteiger charge is -2.14. The first-order valence-electron chi connectivity index (χ1n) is 6.08. The van der Waals surface area contributed by atoms with E-state index in [1.54, 1.807) is 11.3 Å². The molecule has 1 aromatic heterocycles. The van der Waals surface area contributed by atoms with Crippen molar-refractivity contribution >= 4 is 11.3 Å². The second kappa shape index (κ2) is 8.67. The van der Waals surface area contributed by atoms with Crippen LogP contribution in [0.1, 0.15) is 37.8 Å². The Bertz CT molecular complexity index is 249. The molecule has 1 heterocycles. The van der Waals surface area contributed by atoms with Gasteiger partial charge in [0.25, 0.3) is 0 Å². The molecule has 4 heteroatoms. The van der Waals surface area contributed by atoms with E-state index in [-0.39, 0.29) is 0 Å². The van der Waals surface area contributed by atoms with Gasteiger partial charge < -0.3 is 10.6 Å². The molecular formula is C12H23N3S. The van der Waals surface area contributed by atoms with Gasteiger partial charge in [0.1, 0.15) is 0 Å². The molecule has 0 bridgehead atoms. The van der Waals surface area contributed by atoms with E-state index in [2.05, 4.69) is 22.3 Å². The van der Waals surface area contributed by atoms with Crippen LogP contribution in [-0.4, -0.2) is 30.0 Å². The Morgan fingerprint density at radius 1 is 1.25 bits per heavy atom. The Labute approximate surface area is 103 Å². The van der Waals surface area contributed by atoms with Crippen LogP contribution in [0.25, 0.3) is 0 Å². The highest BCUT2D eigenvalue weighted by Crippen LogP contribution is 2.06. The molecule has 2 N–H and O–H groups in total. The van der Waals surface area contributed by atoms with Crippen molar-refractivity contribution in [1.82, 2.24) is 9.88 Å². The van der Waals surface area contributed by atoms with Crippen LogP contribution in [0.5, 0.6) is 0 Å². The summed E-state index contributed by atoms with van der Waals surface area (Å²) in [5.74, 6) is 0. The van der Waals surface area contributed by atoms with E-state index < -0.39 is 0 Å². The van der Waals surface area contributed by atoms with Crippen LogP contribution in [0.15, 0.2) is 10.9 Å². The quantitative estimate of drug-likeness (QED) is 0.675. The third-order valence-electron chi connectivity index (χ3n) is 2.66. The molecule has 0 aliphatic rings. The highest BCUT2D eigenvalue weighted by atomic mass is 32.1. The van der Waals surface area contributed by atoms with Gasteiger partial charge in [-0.05, 0) is 33.0 Å². The number of nitrogens with zero attached hydrogens (tertiary/aromatic N) is 2. The number of aromatic nitrogens is 1. The number of thiazole rings is 1. The lowest BCUT2D eigenvalue weighted by molar-refractivity contribution is 0.313. The molecular weight excluding hydrogens is 218 g/mol. The van der Waals surface area contributed by atoms with Crippen LogP contribution in [0.3, 0.4) is 0 Å². The summed E-state index contributed by atoms with van der Waals surface area (Å²) in [6.07, 6.45) is 6.38. The molecule has 0 radical (unpaired) electrons. The average Bonchev–Trinajstić information content (AvgIpc) is 2.76. The number of hydrogen-bond donors (Lipinski definition) is 1. The molecule has 1 aromatic rings. The highest BCUT2D eigenvalue weighted by Gasteiger charge is 2.01. The highest BCUT2D eigenvalue weighted by molar-refractivity contribution is 7.07. The largest absolute Gasteiger partial charge is 0.330 e. The lowest BCUT2D eigenvalue weighted by Crippen LogP contribution is -2.19. The summed E-state index contributed by atoms with van der Waals surface area (Å²) in [4.78, 5) is 6.63. The fourth-order valence-corrected chi connectivity index (χ4v) is 2.28. The van der Waals surface area contributed by atoms with Crippen LogP contribution < -0.4 is 5.73 Å². The van der Waals surface area contributed by atoms with E-state index in [1.165, 1.54) is 44.3 Å². The topological polar surface area (TPSA) is 42.1 Å². The van der Waals surface area contributed by atoms with Crippen molar-refractivity contribution in [2.45, 2.75) is 38.6 Å². The van der Waals surface area contributed by atoms with E-state index in [0.29, 0.717) is 0 Å². The summed E-state index contributed by atoms with van der Waals surface area (Å²) in [6.45, 7) is 2.98. The molecule has 0 amide bonds. The number of hydrogen-bond acceptors (Lipinski definition) is 4. The Kier molecular flexibility index (Phi) is 7.38. The minimum atomic E-state index is 0.837. The first kappa shape index (κ1) is 13.6. The second-order valence-electron chi connectivity index (χ2n) is 4.27. The molecule has 0 aromatic carbocycles. The summed E-state index contributed by atoms with van der Waals surface area (Å²) in [5, 5.41) is 2.12. The zero-order valence-electron chi connectivity index (χ0n) is 10.2. The molecule has 0 aliphatic heterocycles. The normalized spacial score (nSPS) is 11.2. The van der Waals surface area contributed by atoms with Gasteiger partial charge in [0, 0.05) is 11.9 Å². The Balaban J connectivity index is 1.96. The van der Waals surface area contributed by atoms with Gasteiger partial charge in [-0.15, -0.1) is 11.3 Å². The minimum absolute atomic E-state index is 0.837. The number of unbranched alkanes of at least 4 members (excludes halogenated alkanes) is 4. The first-order chi connectivity index (χ1) is 7.83. The Morgan fingerprint density at radius 3 is 2.69 bits per heavy atom. The second-order valence-corrected chi connectivity index (χ2v) is 4.99. The molecule has 0 fully saturated rings. The zero-order chi connectivity index (χ0) is 11.6. The SMILES string of the molecule is CN(CCCCCCCN)Cc1cscn1. The van der Waals surface area contributed by atoms with Crippen LogP contribution in [0.2, 0.25) is 0 Å². The Morgan fingerprint density at radius 2 is 2.00 bits per heavy atom. The molecule has 0 spiro atoms. The minimum Gasteiger partial charge on any atom is -0.330 e. The molecule has 3 nitrogen and oxygen atoms in total. The van der Waals surface area contributed by atoms with Gasteiger partial charge in [0.05, 0.1) is 11.2 Å². The van der Waals surface area contributed by atoms with Gasteiger partial charge in [0.15, 0.2) is 0 Å². The summed E-state index contributed by atoms with van der Waals surface area (Å²) >= 11 is 1.67. The van der Waals surface area contributed by atoms with Crippen LogP contribution in [-0.2, 0) is 6.54 Å². The van der Waals surface area contributed by atoms with Gasteiger partial charge in [-0.2, -0.15) is 0 Å². The smallest absolute Gasteiger partial charge is 0.0795 e. The summed E-state index contributed by atoms with van der Waals surface area (Å²) in [5.41, 5.74) is 8.54. The van der Waals surface area contributed by atoms with E-state index >= 15 is 0 Å². The fourth-order valence-electron chi connectivity index (χ4n) is 1.73. The molecule has 0 atom stereocenters. The Hall–Kier alpha value is -0.450. The molecule has 0 aliphatic carbocycles. The van der Waals surface area contributed by atoms with E-state index in [9.17, 15) is 0 Å². The van der Waals surface area contributed by atoms with Crippen LogP contribution >= 0.6 is 11.3 Å². The molecule has 16 heavy (non-hydrogen) atoms. The van der Waals surface area contributed by atoms with Crippen LogP contribution in [0.4, 0.5) is 0 Å². The fraction of sp³-hybridized carbons (Fsp3) is 0.750. The van der Waals surface area contributed by atoms with Gasteiger partial charge in [-0.1, -0.05) is 19.3 Å². The maximum absolute atomic E-state index is 5.45. The number of rotatable bonds is 9. The van der Waals surface area contributed by atoms with Crippen LogP contribution in [0, 0.1) is 0 Å². The van der Waals surface area contributed by atoms with Gasteiger partial charge >= 0.3 is 0 Å². The third kappa shape index (κ3) is 6.20. The predicted octanol–water partition coefficient (Wildman–Crippen LogP) is 2.48. The third-order valence-corrected chi connectivity index (χ3v) is 3.29. The molecule has 0 saturated carbocycles. The van der Waals surface area contributed by atoms with Crippen molar-refractivity contribution in [3.8, 4) is 0 Å². The van der Waals surface area contributed by atoms with Crippen molar-refractivity contribution in [3.05, 3.63) is 16.6 Å². The van der Waals surface area contributed by atoms with Crippen molar-refractivity contribution < 1.29 is 0 Å². The maximum atomic E-state index is 5.45. The summed E-state index contributed by atoms with van der Waals surface area (Å²) in [7, 11) is 2.17. The monoisotopic (exact) mass is 241 g/mol. The van der Waals surface area contributed by atoms with Crippen molar-refractivity contribution in [2.75, 3.05) is 20.1 Å². The molecule has 0 unspecified atom stereocenters. The van der Waals surface area contributed by atoms with E-state index in [1.807, 2.05) is 5.51 Å². The van der Waals surface area contributed by atoms with E-state index in [4.69, 9.17) is 5.73 Å². The molecule has 92 valence electrons. The zero-order valence-corrected chi connectivity index (χ0v) is 11.0. The van der Waals surface area contributed by atoms with Gasteiger partial charge in [-0.3, -0.25) is 0 Å². The summed E-state index contributed by atoms with van der Waals surface area (Å²) < 4.78 is 0. The van der Waals surface area contributed by atoms with Gasteiger partial charge in [-0.25, -0.2) is 4.98 Å². The predicted molar refractivity (Wildman–Crippen MR) is 70.6 cm³/mol. The molecule has 0 saturated heterocycles. The van der Waals surface area contributed by atoms with Gasteiger partial charge in [0.2, 0.25) is 0 Å². The standard InChI is InChI=1S/C12H23N3S/c1-15(9-12-10-16-11-14-12)8-6-4-2-3-5-7-13/h10-11H,2-9,13H2,1H3. The van der Waals surface area contributed by atoms with Crippen molar-refractivity contribution in [3.63, 3.8) is 0 Å². The lowest BCUT2D eigenvalue weighted by atomic mass is 10.1. The van der Waals surface area contributed by atoms with E-state index in [0.717, 1.165) is 13.1 Å². The van der Waals surface area contributed by atoms with Crippen molar-refractivity contribution in [1.29, 1.82) is 0 Å².